The normalized spacial score (nSPS) is 13.3. The van der Waals surface area contributed by atoms with E-state index in [1.165, 1.54) is 4.90 Å². The highest BCUT2D eigenvalue weighted by Gasteiger charge is 2.24. The lowest BCUT2D eigenvalue weighted by molar-refractivity contribution is -0.117. The number of rotatable bonds is 8. The first-order chi connectivity index (χ1) is 18.7. The predicted molar refractivity (Wildman–Crippen MR) is 154 cm³/mol. The Morgan fingerprint density at radius 3 is 2.18 bits per heavy atom. The number of hydrogen-bond donors (Lipinski definition) is 1. The minimum atomic E-state index is -0.268. The van der Waals surface area contributed by atoms with Crippen LogP contribution >= 0.6 is 0 Å². The zero-order valence-electron chi connectivity index (χ0n) is 23.0. The van der Waals surface area contributed by atoms with Crippen molar-refractivity contribution in [1.82, 2.24) is 9.80 Å². The second-order valence-corrected chi connectivity index (χ2v) is 10.00. The van der Waals surface area contributed by atoms with E-state index in [0.717, 1.165) is 29.9 Å². The summed E-state index contributed by atoms with van der Waals surface area (Å²) in [6, 6.07) is 22.1. The summed E-state index contributed by atoms with van der Waals surface area (Å²) in [6.45, 7) is 8.48. The Balaban J connectivity index is 1.31. The van der Waals surface area contributed by atoms with Crippen molar-refractivity contribution in [3.8, 4) is 5.75 Å². The van der Waals surface area contributed by atoms with Gasteiger partial charge >= 0.3 is 0 Å². The number of nitrogens with zero attached hydrogens (tertiary/aromatic N) is 3. The molecule has 0 atom stereocenters. The molecule has 8 heteroatoms. The standard InChI is InChI=1S/C31H36N4O4/c1-22(2)35(31(38)25-6-5-7-28(20-25)39-4)21-29(36)32-26-12-14-27(15-13-26)33-16-18-34(19-17-33)30(37)24-10-8-23(3)9-11-24/h5-15,20,22H,16-19,21H2,1-4H3,(H,32,36). The van der Waals surface area contributed by atoms with E-state index in [4.69, 9.17) is 4.74 Å². The van der Waals surface area contributed by atoms with Gasteiger partial charge in [-0.3, -0.25) is 14.4 Å². The van der Waals surface area contributed by atoms with Gasteiger partial charge < -0.3 is 24.8 Å². The largest absolute Gasteiger partial charge is 0.497 e. The maximum Gasteiger partial charge on any atom is 0.254 e. The summed E-state index contributed by atoms with van der Waals surface area (Å²) >= 11 is 0. The summed E-state index contributed by atoms with van der Waals surface area (Å²) in [5.74, 6) is 0.159. The van der Waals surface area contributed by atoms with Crippen molar-refractivity contribution < 1.29 is 19.1 Å². The Bertz CT molecular complexity index is 1300. The van der Waals surface area contributed by atoms with Crippen LogP contribution in [-0.2, 0) is 4.79 Å². The first kappa shape index (κ1) is 27.7. The predicted octanol–water partition coefficient (Wildman–Crippen LogP) is 4.46. The van der Waals surface area contributed by atoms with E-state index in [-0.39, 0.29) is 30.3 Å². The van der Waals surface area contributed by atoms with Crippen molar-refractivity contribution in [3.63, 3.8) is 0 Å². The number of hydrogen-bond acceptors (Lipinski definition) is 5. The molecule has 0 aromatic heterocycles. The highest BCUT2D eigenvalue weighted by Crippen LogP contribution is 2.21. The first-order valence-corrected chi connectivity index (χ1v) is 13.2. The number of amides is 3. The van der Waals surface area contributed by atoms with Gasteiger partial charge in [-0.05, 0) is 75.4 Å². The average Bonchev–Trinajstić information content (AvgIpc) is 2.96. The number of piperazine rings is 1. The lowest BCUT2D eigenvalue weighted by Gasteiger charge is -2.36. The van der Waals surface area contributed by atoms with Crippen molar-refractivity contribution in [3.05, 3.63) is 89.5 Å². The number of methoxy groups -OCH3 is 1. The summed E-state index contributed by atoms with van der Waals surface area (Å²) in [5, 5.41) is 2.90. The molecule has 3 aromatic rings. The van der Waals surface area contributed by atoms with E-state index in [0.29, 0.717) is 30.1 Å². The van der Waals surface area contributed by atoms with Gasteiger partial charge in [0.1, 0.15) is 12.3 Å². The van der Waals surface area contributed by atoms with Crippen molar-refractivity contribution in [2.24, 2.45) is 0 Å². The number of aryl methyl sites for hydroxylation is 1. The van der Waals surface area contributed by atoms with Gasteiger partial charge in [0.15, 0.2) is 0 Å². The van der Waals surface area contributed by atoms with Gasteiger partial charge in [0.25, 0.3) is 11.8 Å². The number of benzene rings is 3. The highest BCUT2D eigenvalue weighted by molar-refractivity contribution is 5.99. The maximum absolute atomic E-state index is 13.1. The van der Waals surface area contributed by atoms with Crippen LogP contribution in [0.25, 0.3) is 0 Å². The number of carbonyl (C=O) groups excluding carboxylic acids is 3. The van der Waals surface area contributed by atoms with Crippen LogP contribution in [-0.4, -0.2) is 73.4 Å². The van der Waals surface area contributed by atoms with Crippen LogP contribution in [0.2, 0.25) is 0 Å². The SMILES string of the molecule is COc1cccc(C(=O)N(CC(=O)Nc2ccc(N3CCN(C(=O)c4ccc(C)cc4)CC3)cc2)C(C)C)c1. The van der Waals surface area contributed by atoms with Crippen LogP contribution in [0.4, 0.5) is 11.4 Å². The van der Waals surface area contributed by atoms with Gasteiger partial charge in [0.05, 0.1) is 7.11 Å². The van der Waals surface area contributed by atoms with E-state index in [2.05, 4.69) is 10.2 Å². The molecule has 1 saturated heterocycles. The van der Waals surface area contributed by atoms with Crippen LogP contribution in [0.5, 0.6) is 5.75 Å². The monoisotopic (exact) mass is 528 g/mol. The quantitative estimate of drug-likeness (QED) is 0.467. The molecule has 0 spiro atoms. The Morgan fingerprint density at radius 1 is 0.897 bits per heavy atom. The van der Waals surface area contributed by atoms with E-state index in [1.807, 2.05) is 74.2 Å². The van der Waals surface area contributed by atoms with Gasteiger partial charge in [-0.15, -0.1) is 0 Å². The molecule has 1 aliphatic rings. The van der Waals surface area contributed by atoms with Crippen LogP contribution in [0.15, 0.2) is 72.8 Å². The van der Waals surface area contributed by atoms with E-state index >= 15 is 0 Å². The van der Waals surface area contributed by atoms with Crippen molar-refractivity contribution in [2.45, 2.75) is 26.8 Å². The van der Waals surface area contributed by atoms with Crippen LogP contribution in [0.3, 0.4) is 0 Å². The van der Waals surface area contributed by atoms with Crippen molar-refractivity contribution >= 4 is 29.1 Å². The number of nitrogens with one attached hydrogen (secondary N) is 1. The molecule has 4 rings (SSSR count). The van der Waals surface area contributed by atoms with Crippen molar-refractivity contribution in [2.75, 3.05) is 50.1 Å². The molecule has 0 aliphatic carbocycles. The minimum Gasteiger partial charge on any atom is -0.497 e. The van der Waals surface area contributed by atoms with E-state index in [9.17, 15) is 14.4 Å². The van der Waals surface area contributed by atoms with Gasteiger partial charge in [0.2, 0.25) is 5.91 Å². The van der Waals surface area contributed by atoms with Crippen LogP contribution < -0.4 is 15.0 Å². The fourth-order valence-electron chi connectivity index (χ4n) is 4.57. The number of carbonyl (C=O) groups is 3. The van der Waals surface area contributed by atoms with Gasteiger partial charge in [-0.1, -0.05) is 23.8 Å². The fraction of sp³-hybridized carbons (Fsp3) is 0.323. The molecule has 3 amide bonds. The lowest BCUT2D eigenvalue weighted by Crippen LogP contribution is -2.48. The smallest absolute Gasteiger partial charge is 0.254 e. The summed E-state index contributed by atoms with van der Waals surface area (Å²) in [5.41, 5.74) is 4.02. The van der Waals surface area contributed by atoms with Crippen LogP contribution in [0, 0.1) is 6.92 Å². The summed E-state index contributed by atoms with van der Waals surface area (Å²) in [7, 11) is 1.55. The topological polar surface area (TPSA) is 82.2 Å². The van der Waals surface area contributed by atoms with E-state index < -0.39 is 0 Å². The third-order valence-corrected chi connectivity index (χ3v) is 6.90. The molecule has 8 nitrogen and oxygen atoms in total. The highest BCUT2D eigenvalue weighted by atomic mass is 16.5. The molecule has 3 aromatic carbocycles. The first-order valence-electron chi connectivity index (χ1n) is 13.2. The lowest BCUT2D eigenvalue weighted by atomic mass is 10.1. The third kappa shape index (κ3) is 6.96. The number of ether oxygens (including phenoxy) is 1. The molecule has 0 unspecified atom stereocenters. The Morgan fingerprint density at radius 2 is 1.56 bits per heavy atom. The fourth-order valence-corrected chi connectivity index (χ4v) is 4.57. The zero-order valence-corrected chi connectivity index (χ0v) is 23.0. The molecule has 1 aliphatic heterocycles. The average molecular weight is 529 g/mol. The van der Waals surface area contributed by atoms with Gasteiger partial charge in [0, 0.05) is 54.7 Å². The third-order valence-electron chi connectivity index (χ3n) is 6.90. The Kier molecular flexibility index (Phi) is 8.86. The zero-order chi connectivity index (χ0) is 27.9. The molecule has 39 heavy (non-hydrogen) atoms. The van der Waals surface area contributed by atoms with E-state index in [1.54, 1.807) is 31.4 Å². The molecular weight excluding hydrogens is 492 g/mol. The van der Waals surface area contributed by atoms with Gasteiger partial charge in [-0.25, -0.2) is 0 Å². The van der Waals surface area contributed by atoms with Crippen molar-refractivity contribution in [1.29, 1.82) is 0 Å². The summed E-state index contributed by atoms with van der Waals surface area (Å²) < 4.78 is 5.23. The molecule has 1 N–H and O–H groups in total. The maximum atomic E-state index is 13.1. The molecule has 0 radical (unpaired) electrons. The molecular formula is C31H36N4O4. The molecule has 1 fully saturated rings. The molecule has 0 saturated carbocycles. The summed E-state index contributed by atoms with van der Waals surface area (Å²) in [4.78, 5) is 44.4. The Hall–Kier alpha value is -4.33. The number of anilines is 2. The van der Waals surface area contributed by atoms with Crippen LogP contribution in [0.1, 0.15) is 40.1 Å². The second-order valence-electron chi connectivity index (χ2n) is 10.00. The molecule has 204 valence electrons. The minimum absolute atomic E-state index is 0.0630. The molecule has 0 bridgehead atoms. The van der Waals surface area contributed by atoms with Gasteiger partial charge in [-0.2, -0.15) is 0 Å². The summed E-state index contributed by atoms with van der Waals surface area (Å²) in [6.07, 6.45) is 0. The second kappa shape index (κ2) is 12.5. The Labute approximate surface area is 230 Å². The molecule has 1 heterocycles.